The second kappa shape index (κ2) is 10.9. The van der Waals surface area contributed by atoms with E-state index in [9.17, 15) is 9.59 Å². The Morgan fingerprint density at radius 2 is 1.65 bits per heavy atom. The van der Waals surface area contributed by atoms with Crippen LogP contribution in [0, 0.1) is 6.92 Å². The molecule has 2 amide bonds. The fraction of sp³-hybridized carbons (Fsp3) is 0.172. The highest BCUT2D eigenvalue weighted by Crippen LogP contribution is 2.54. The topological polar surface area (TPSA) is 49.4 Å². The van der Waals surface area contributed by atoms with E-state index in [2.05, 4.69) is 5.32 Å². The smallest absolute Gasteiger partial charge is 0.239 e. The molecule has 5 rings (SSSR count). The van der Waals surface area contributed by atoms with Crippen molar-refractivity contribution in [1.82, 2.24) is 5.32 Å². The Morgan fingerprint density at radius 1 is 1.00 bits per heavy atom. The third kappa shape index (κ3) is 5.43. The van der Waals surface area contributed by atoms with Gasteiger partial charge in [0.15, 0.2) is 0 Å². The molecule has 2 atom stereocenters. The third-order valence-corrected chi connectivity index (χ3v) is 9.19. The van der Waals surface area contributed by atoms with Crippen LogP contribution < -0.4 is 10.2 Å². The molecule has 1 N–H and O–H groups in total. The van der Waals surface area contributed by atoms with E-state index in [1.807, 2.05) is 73.0 Å². The number of anilines is 1. The largest absolute Gasteiger partial charge is 0.350 e. The maximum atomic E-state index is 14.2. The molecule has 0 spiro atoms. The quantitative estimate of drug-likeness (QED) is 0.249. The molecule has 4 aromatic rings. The molecule has 3 aromatic carbocycles. The molecule has 0 radical (unpaired) electrons. The number of carbonyl (C=O) groups excluding carboxylic acids is 2. The summed E-state index contributed by atoms with van der Waals surface area (Å²) in [5, 5.41) is 6.28. The number of rotatable bonds is 7. The van der Waals surface area contributed by atoms with Crippen molar-refractivity contribution in [2.24, 2.45) is 0 Å². The van der Waals surface area contributed by atoms with Gasteiger partial charge in [0.1, 0.15) is 4.75 Å². The van der Waals surface area contributed by atoms with Gasteiger partial charge in [-0.05, 0) is 72.5 Å². The highest BCUT2D eigenvalue weighted by molar-refractivity contribution is 8.01. The van der Waals surface area contributed by atoms with Crippen molar-refractivity contribution in [3.63, 3.8) is 0 Å². The van der Waals surface area contributed by atoms with E-state index in [1.165, 1.54) is 11.8 Å². The van der Waals surface area contributed by atoms with Crippen molar-refractivity contribution in [3.8, 4) is 0 Å². The summed E-state index contributed by atoms with van der Waals surface area (Å²) in [5.74, 6) is -0.315. The molecule has 8 heteroatoms. The minimum Gasteiger partial charge on any atom is -0.350 e. The number of aryl methyl sites for hydroxylation is 1. The highest BCUT2D eigenvalue weighted by atomic mass is 35.5. The molecular weight excluding hydrogens is 543 g/mol. The van der Waals surface area contributed by atoms with E-state index in [0.29, 0.717) is 22.3 Å². The van der Waals surface area contributed by atoms with Crippen LogP contribution in [0.15, 0.2) is 95.2 Å². The normalized spacial score (nSPS) is 19.3. The van der Waals surface area contributed by atoms with Gasteiger partial charge in [0.25, 0.3) is 0 Å². The van der Waals surface area contributed by atoms with Crippen LogP contribution in [0.1, 0.15) is 28.5 Å². The number of hydrogen-bond acceptors (Lipinski definition) is 4. The third-order valence-electron chi connectivity index (χ3n) is 6.38. The Balaban J connectivity index is 1.64. The van der Waals surface area contributed by atoms with Crippen molar-refractivity contribution in [1.29, 1.82) is 0 Å². The van der Waals surface area contributed by atoms with E-state index in [0.717, 1.165) is 20.9 Å². The Kier molecular flexibility index (Phi) is 7.63. The lowest BCUT2D eigenvalue weighted by Gasteiger charge is -2.36. The molecule has 188 valence electrons. The Labute approximate surface area is 234 Å². The predicted octanol–water partition coefficient (Wildman–Crippen LogP) is 7.69. The van der Waals surface area contributed by atoms with Gasteiger partial charge in [-0.2, -0.15) is 0 Å². The number of thiophene rings is 1. The lowest BCUT2D eigenvalue weighted by atomic mass is 9.91. The van der Waals surface area contributed by atoms with Gasteiger partial charge in [-0.3, -0.25) is 9.59 Å². The number of benzene rings is 3. The highest BCUT2D eigenvalue weighted by Gasteiger charge is 2.58. The molecule has 1 saturated heterocycles. The molecule has 4 nitrogen and oxygen atoms in total. The Hall–Kier alpha value is -2.77. The van der Waals surface area contributed by atoms with E-state index < -0.39 is 10.8 Å². The van der Waals surface area contributed by atoms with Crippen molar-refractivity contribution in [2.75, 3.05) is 4.90 Å². The number of carbonyl (C=O) groups is 2. The summed E-state index contributed by atoms with van der Waals surface area (Å²) in [7, 11) is 0. The van der Waals surface area contributed by atoms with Gasteiger partial charge >= 0.3 is 0 Å². The van der Waals surface area contributed by atoms with Gasteiger partial charge in [0.05, 0.1) is 19.0 Å². The standard InChI is InChI=1S/C29H24Cl2N2O2S2/c1-19-4-14-24(15-5-19)37-29(28(35)32-18-25-3-2-16-36-25)17-26(34)33(23-12-10-22(31)11-13-23)27(29)20-6-8-21(30)9-7-20/h2-16,27H,17-18H2,1H3,(H,32,35). The van der Waals surface area contributed by atoms with Gasteiger partial charge in [0, 0.05) is 25.5 Å². The number of amides is 2. The van der Waals surface area contributed by atoms with Gasteiger partial charge in [-0.15, -0.1) is 23.1 Å². The van der Waals surface area contributed by atoms with Crippen LogP contribution in [0.4, 0.5) is 5.69 Å². The molecule has 1 fully saturated rings. The summed E-state index contributed by atoms with van der Waals surface area (Å²) < 4.78 is -1.13. The molecule has 0 bridgehead atoms. The maximum Gasteiger partial charge on any atom is 0.239 e. The maximum absolute atomic E-state index is 14.2. The average molecular weight is 568 g/mol. The lowest BCUT2D eigenvalue weighted by molar-refractivity contribution is -0.125. The molecule has 1 aliphatic heterocycles. The van der Waals surface area contributed by atoms with Crippen LogP contribution in [0.5, 0.6) is 0 Å². The number of thioether (sulfide) groups is 1. The van der Waals surface area contributed by atoms with Gasteiger partial charge in [-0.1, -0.05) is 59.1 Å². The van der Waals surface area contributed by atoms with Crippen molar-refractivity contribution in [2.45, 2.75) is 35.6 Å². The molecular formula is C29H24Cl2N2O2S2. The zero-order valence-corrected chi connectivity index (χ0v) is 23.1. The summed E-state index contributed by atoms with van der Waals surface area (Å²) >= 11 is 15.4. The fourth-order valence-corrected chi connectivity index (χ4v) is 6.91. The van der Waals surface area contributed by atoms with Gasteiger partial charge in [0.2, 0.25) is 11.8 Å². The van der Waals surface area contributed by atoms with Crippen molar-refractivity contribution < 1.29 is 9.59 Å². The molecule has 2 heterocycles. The summed E-state index contributed by atoms with van der Waals surface area (Å²) in [4.78, 5) is 31.7. The van der Waals surface area contributed by atoms with E-state index in [4.69, 9.17) is 23.2 Å². The number of nitrogens with one attached hydrogen (secondary N) is 1. The van der Waals surface area contributed by atoms with Crippen LogP contribution in [-0.4, -0.2) is 16.6 Å². The fourth-order valence-electron chi connectivity index (χ4n) is 4.61. The van der Waals surface area contributed by atoms with Crippen LogP contribution in [0.3, 0.4) is 0 Å². The average Bonchev–Trinajstić information content (AvgIpc) is 3.51. The molecule has 1 aliphatic rings. The van der Waals surface area contributed by atoms with E-state index in [1.54, 1.807) is 40.5 Å². The minimum atomic E-state index is -1.13. The van der Waals surface area contributed by atoms with E-state index >= 15 is 0 Å². The number of nitrogens with zero attached hydrogens (tertiary/aromatic N) is 1. The van der Waals surface area contributed by atoms with E-state index in [-0.39, 0.29) is 18.2 Å². The van der Waals surface area contributed by atoms with Gasteiger partial charge in [-0.25, -0.2) is 0 Å². The molecule has 2 unspecified atom stereocenters. The van der Waals surface area contributed by atoms with Crippen LogP contribution >= 0.6 is 46.3 Å². The van der Waals surface area contributed by atoms with Crippen LogP contribution in [0.25, 0.3) is 0 Å². The molecule has 1 aromatic heterocycles. The zero-order chi connectivity index (χ0) is 26.0. The summed E-state index contributed by atoms with van der Waals surface area (Å²) in [6, 6.07) is 25.9. The first-order chi connectivity index (χ1) is 17.9. The number of halogens is 2. The Morgan fingerprint density at radius 3 is 2.27 bits per heavy atom. The lowest BCUT2D eigenvalue weighted by Crippen LogP contribution is -2.48. The van der Waals surface area contributed by atoms with Crippen molar-refractivity contribution >= 4 is 63.8 Å². The molecule has 0 saturated carbocycles. The summed E-state index contributed by atoms with van der Waals surface area (Å²) in [6.45, 7) is 2.42. The Bertz CT molecular complexity index is 1390. The van der Waals surface area contributed by atoms with Gasteiger partial charge < -0.3 is 10.2 Å². The molecule has 0 aliphatic carbocycles. The SMILES string of the molecule is Cc1ccc(SC2(C(=O)NCc3cccs3)CC(=O)N(c3ccc(Cl)cc3)C2c2ccc(Cl)cc2)cc1. The van der Waals surface area contributed by atoms with Crippen LogP contribution in [0.2, 0.25) is 10.0 Å². The monoisotopic (exact) mass is 566 g/mol. The first kappa shape index (κ1) is 25.9. The first-order valence-electron chi connectivity index (χ1n) is 11.8. The minimum absolute atomic E-state index is 0.0394. The van der Waals surface area contributed by atoms with Crippen LogP contribution in [-0.2, 0) is 16.1 Å². The van der Waals surface area contributed by atoms with Crippen molar-refractivity contribution in [3.05, 3.63) is 116 Å². The first-order valence-corrected chi connectivity index (χ1v) is 14.2. The molecule has 37 heavy (non-hydrogen) atoms. The number of hydrogen-bond donors (Lipinski definition) is 1. The summed E-state index contributed by atoms with van der Waals surface area (Å²) in [6.07, 6.45) is 0.0394. The predicted molar refractivity (Wildman–Crippen MR) is 154 cm³/mol. The zero-order valence-electron chi connectivity index (χ0n) is 20.0. The second-order valence-electron chi connectivity index (χ2n) is 8.94. The summed E-state index contributed by atoms with van der Waals surface area (Å²) in [5.41, 5.74) is 2.64. The second-order valence-corrected chi connectivity index (χ2v) is 12.2.